The minimum absolute atomic E-state index is 0.0115. The number of carboxylic acid groups (broad SMARTS) is 1. The second-order valence-corrected chi connectivity index (χ2v) is 12.4. The fourth-order valence-corrected chi connectivity index (χ4v) is 5.46. The number of pyridine rings is 1. The molecule has 0 spiro atoms. The van der Waals surface area contributed by atoms with Gasteiger partial charge in [-0.2, -0.15) is 0 Å². The van der Waals surface area contributed by atoms with Crippen LogP contribution >= 0.6 is 10.2 Å². The molecule has 1 atom stereocenters. The van der Waals surface area contributed by atoms with Crippen LogP contribution in [0.3, 0.4) is 0 Å². The van der Waals surface area contributed by atoms with E-state index in [1.54, 1.807) is 26.1 Å². The molecule has 1 unspecified atom stereocenters. The maximum atomic E-state index is 13.0. The van der Waals surface area contributed by atoms with Crippen molar-refractivity contribution in [3.8, 4) is 0 Å². The number of aromatic nitrogens is 3. The van der Waals surface area contributed by atoms with Crippen molar-refractivity contribution < 1.29 is 29.3 Å². The highest BCUT2D eigenvalue weighted by Crippen LogP contribution is 3.02. The monoisotopic (exact) mass is 586 g/mol. The lowest BCUT2D eigenvalue weighted by Crippen LogP contribution is -2.52. The Balaban J connectivity index is 1.52. The van der Waals surface area contributed by atoms with Crippen molar-refractivity contribution in [3.05, 3.63) is 59.0 Å². The average Bonchev–Trinajstić information content (AvgIpc) is 2.83. The molecule has 1 aromatic carbocycles. The fraction of sp³-hybridized carbons (Fsp3) is 0.385. The third kappa shape index (κ3) is 6.37. The van der Waals surface area contributed by atoms with E-state index in [0.717, 1.165) is 18.6 Å². The van der Waals surface area contributed by atoms with Crippen molar-refractivity contribution in [2.75, 3.05) is 34.8 Å². The summed E-state index contributed by atoms with van der Waals surface area (Å²) in [5, 5.41) is 12.3. The van der Waals surface area contributed by atoms with Gasteiger partial charge in [-0.05, 0) is 63.1 Å². The van der Waals surface area contributed by atoms with Gasteiger partial charge >= 0.3 is 16.2 Å². The standard InChI is InChI=1S/C26H31F5N6O2S/c1-5-6-21-25(34-19-7-9-20(10-8-19)40(27,28,29,30)31)32-14-23(35-21)37-12-11-36(15-17(37)3)22-13-16(2)24(26(38)39)18(4)33-22/h7-10,13-14,17H,5-6,11-12,15H2,1-4H3,(H,32,34)(H,38,39). The van der Waals surface area contributed by atoms with Crippen LogP contribution < -0.4 is 15.1 Å². The number of hydrogen-bond donors (Lipinski definition) is 2. The van der Waals surface area contributed by atoms with Crippen LogP contribution in [0.2, 0.25) is 0 Å². The zero-order chi connectivity index (χ0) is 29.5. The first-order valence-corrected chi connectivity index (χ1v) is 14.6. The summed E-state index contributed by atoms with van der Waals surface area (Å²) in [5.74, 6) is 0.678. The summed E-state index contributed by atoms with van der Waals surface area (Å²) in [4.78, 5) is 27.5. The Kier molecular flexibility index (Phi) is 7.14. The van der Waals surface area contributed by atoms with Crippen molar-refractivity contribution in [2.45, 2.75) is 51.5 Å². The molecule has 0 amide bonds. The van der Waals surface area contributed by atoms with Crippen LogP contribution in [0.15, 0.2) is 41.4 Å². The first-order chi connectivity index (χ1) is 18.5. The number of rotatable bonds is 8. The van der Waals surface area contributed by atoms with Crippen molar-refractivity contribution in [2.24, 2.45) is 0 Å². The van der Waals surface area contributed by atoms with Gasteiger partial charge in [-0.3, -0.25) is 0 Å². The molecular formula is C26H31F5N6O2S. The number of benzene rings is 1. The van der Waals surface area contributed by atoms with E-state index in [0.29, 0.717) is 72.6 Å². The van der Waals surface area contributed by atoms with Crippen LogP contribution in [-0.4, -0.2) is 51.7 Å². The van der Waals surface area contributed by atoms with Gasteiger partial charge in [-0.15, -0.1) is 0 Å². The molecule has 0 radical (unpaired) electrons. The molecule has 8 nitrogen and oxygen atoms in total. The molecule has 1 aliphatic rings. The number of piperazine rings is 1. The summed E-state index contributed by atoms with van der Waals surface area (Å²) >= 11 is 0. The first-order valence-electron chi connectivity index (χ1n) is 12.7. The lowest BCUT2D eigenvalue weighted by Gasteiger charge is -2.41. The average molecular weight is 587 g/mol. The van der Waals surface area contributed by atoms with Crippen LogP contribution in [0.5, 0.6) is 0 Å². The van der Waals surface area contributed by atoms with E-state index >= 15 is 0 Å². The molecule has 0 saturated carbocycles. The molecule has 0 bridgehead atoms. The van der Waals surface area contributed by atoms with E-state index < -0.39 is 21.1 Å². The maximum Gasteiger partial charge on any atom is 0.337 e. The van der Waals surface area contributed by atoms with E-state index in [4.69, 9.17) is 4.98 Å². The molecule has 3 heterocycles. The predicted octanol–water partition coefficient (Wildman–Crippen LogP) is 7.26. The van der Waals surface area contributed by atoms with E-state index in [1.165, 1.54) is 0 Å². The number of aryl methyl sites for hydroxylation is 3. The highest BCUT2D eigenvalue weighted by atomic mass is 32.5. The van der Waals surface area contributed by atoms with Gasteiger partial charge in [0, 0.05) is 31.4 Å². The molecule has 2 N–H and O–H groups in total. The van der Waals surface area contributed by atoms with Crippen LogP contribution in [-0.2, 0) is 6.42 Å². The van der Waals surface area contributed by atoms with Gasteiger partial charge in [-0.1, -0.05) is 32.8 Å². The minimum Gasteiger partial charge on any atom is -0.478 e. The minimum atomic E-state index is -9.75. The number of carboxylic acids is 1. The fourth-order valence-electron chi connectivity index (χ4n) is 4.81. The molecule has 2 aromatic heterocycles. The second-order valence-electron chi connectivity index (χ2n) is 9.94. The Bertz CT molecular complexity index is 1410. The second kappa shape index (κ2) is 9.75. The molecule has 40 heavy (non-hydrogen) atoms. The van der Waals surface area contributed by atoms with Gasteiger partial charge in [0.25, 0.3) is 0 Å². The van der Waals surface area contributed by atoms with Crippen molar-refractivity contribution in [1.29, 1.82) is 0 Å². The molecule has 1 saturated heterocycles. The molecule has 218 valence electrons. The maximum absolute atomic E-state index is 13.0. The molecule has 0 aliphatic carbocycles. The van der Waals surface area contributed by atoms with Gasteiger partial charge in [0.1, 0.15) is 16.5 Å². The number of halogens is 5. The molecule has 4 rings (SSSR count). The highest BCUT2D eigenvalue weighted by Gasteiger charge is 2.65. The Morgan fingerprint density at radius 2 is 1.75 bits per heavy atom. The number of carbonyl (C=O) groups is 1. The molecular weight excluding hydrogens is 555 g/mol. The van der Waals surface area contributed by atoms with Crippen LogP contribution in [0.1, 0.15) is 47.6 Å². The van der Waals surface area contributed by atoms with E-state index in [2.05, 4.69) is 25.1 Å². The quantitative estimate of drug-likeness (QED) is 0.267. The summed E-state index contributed by atoms with van der Waals surface area (Å²) in [7, 11) is -9.75. The SMILES string of the molecule is CCCc1nc(N2CCN(c3cc(C)c(C(=O)O)c(C)n3)CC2C)cnc1Nc1ccc(S(F)(F)(F)(F)F)cc1. The van der Waals surface area contributed by atoms with E-state index in [1.807, 2.05) is 13.8 Å². The topological polar surface area (TPSA) is 94.5 Å². The third-order valence-electron chi connectivity index (χ3n) is 6.72. The highest BCUT2D eigenvalue weighted by molar-refractivity contribution is 8.45. The Morgan fingerprint density at radius 3 is 2.30 bits per heavy atom. The number of hydrogen-bond acceptors (Lipinski definition) is 7. The zero-order valence-corrected chi connectivity index (χ0v) is 23.3. The normalized spacial score (nSPS) is 17.8. The summed E-state index contributed by atoms with van der Waals surface area (Å²) in [6.07, 6.45) is 2.85. The summed E-state index contributed by atoms with van der Waals surface area (Å²) < 4.78 is 65.2. The van der Waals surface area contributed by atoms with Crippen molar-refractivity contribution >= 4 is 39.3 Å². The third-order valence-corrected chi connectivity index (χ3v) is 7.89. The zero-order valence-electron chi connectivity index (χ0n) is 22.5. The number of aromatic carboxylic acids is 1. The van der Waals surface area contributed by atoms with Crippen LogP contribution in [0.4, 0.5) is 42.6 Å². The van der Waals surface area contributed by atoms with Crippen molar-refractivity contribution in [1.82, 2.24) is 15.0 Å². The Morgan fingerprint density at radius 1 is 1.07 bits per heavy atom. The van der Waals surface area contributed by atoms with Crippen molar-refractivity contribution in [3.63, 3.8) is 0 Å². The molecule has 1 fully saturated rings. The summed E-state index contributed by atoms with van der Waals surface area (Å²) in [6, 6.07) is 4.40. The summed E-state index contributed by atoms with van der Waals surface area (Å²) in [6.45, 7) is 9.25. The van der Waals surface area contributed by atoms with Gasteiger partial charge in [-0.25, -0.2) is 19.7 Å². The molecule has 1 aliphatic heterocycles. The molecule has 3 aromatic rings. The van der Waals surface area contributed by atoms with Gasteiger partial charge in [0.2, 0.25) is 0 Å². The van der Waals surface area contributed by atoms with E-state index in [-0.39, 0.29) is 17.3 Å². The number of nitrogens with zero attached hydrogens (tertiary/aromatic N) is 5. The number of anilines is 4. The Labute approximate surface area is 229 Å². The van der Waals surface area contributed by atoms with Crippen LogP contribution in [0.25, 0.3) is 0 Å². The lowest BCUT2D eigenvalue weighted by molar-refractivity contribution is 0.0694. The van der Waals surface area contributed by atoms with Gasteiger partial charge < -0.3 is 20.2 Å². The van der Waals surface area contributed by atoms with Crippen LogP contribution in [0, 0.1) is 13.8 Å². The smallest absolute Gasteiger partial charge is 0.337 e. The summed E-state index contributed by atoms with van der Waals surface area (Å²) in [5.41, 5.74) is 2.09. The van der Waals surface area contributed by atoms with Gasteiger partial charge in [0.15, 0.2) is 5.82 Å². The van der Waals surface area contributed by atoms with Gasteiger partial charge in [0.05, 0.1) is 23.1 Å². The Hall–Kier alpha value is -3.68. The predicted molar refractivity (Wildman–Crippen MR) is 147 cm³/mol. The largest absolute Gasteiger partial charge is 0.478 e. The lowest BCUT2D eigenvalue weighted by atomic mass is 10.1. The number of nitrogens with one attached hydrogen (secondary N) is 1. The molecule has 14 heteroatoms. The first kappa shape index (κ1) is 29.3. The van der Waals surface area contributed by atoms with E-state index in [9.17, 15) is 29.3 Å².